The average molecular weight is 258 g/mol. The zero-order valence-electron chi connectivity index (χ0n) is 10.1. The largest absolute Gasteiger partial charge is 0.326 e. The average Bonchev–Trinajstić information content (AvgIpc) is 3.12. The third-order valence-electron chi connectivity index (χ3n) is 2.99. The number of carbonyl (C=O) groups is 1. The topological polar surface area (TPSA) is 42.0 Å². The van der Waals surface area contributed by atoms with Crippen LogP contribution in [0.5, 0.6) is 0 Å². The number of anilines is 1. The fourth-order valence-electron chi connectivity index (χ4n) is 1.84. The first-order valence-electron chi connectivity index (χ1n) is 6.06. The first-order chi connectivity index (χ1) is 8.72. The zero-order valence-corrected chi connectivity index (χ0v) is 11.0. The molecule has 1 fully saturated rings. The number of rotatable bonds is 3. The molecule has 0 radical (unpaired) electrons. The maximum atomic E-state index is 11.7. The van der Waals surface area contributed by atoms with Crippen molar-refractivity contribution in [3.8, 4) is 11.3 Å². The molecule has 0 saturated heterocycles. The van der Waals surface area contributed by atoms with Gasteiger partial charge in [-0.25, -0.2) is 4.98 Å². The number of aromatic nitrogens is 1. The van der Waals surface area contributed by atoms with Crippen LogP contribution in [0.25, 0.3) is 11.3 Å². The van der Waals surface area contributed by atoms with E-state index in [0.29, 0.717) is 0 Å². The van der Waals surface area contributed by atoms with Crippen LogP contribution in [0.3, 0.4) is 0 Å². The van der Waals surface area contributed by atoms with Gasteiger partial charge < -0.3 is 5.32 Å². The molecule has 4 heteroatoms. The number of amides is 1. The second kappa shape index (κ2) is 4.53. The van der Waals surface area contributed by atoms with E-state index in [1.54, 1.807) is 11.3 Å². The Kier molecular flexibility index (Phi) is 2.88. The first-order valence-corrected chi connectivity index (χ1v) is 6.94. The van der Waals surface area contributed by atoms with Crippen LogP contribution in [0.2, 0.25) is 0 Å². The lowest BCUT2D eigenvalue weighted by Crippen LogP contribution is -2.13. The molecule has 1 amide bonds. The van der Waals surface area contributed by atoms with Gasteiger partial charge in [0, 0.05) is 22.5 Å². The van der Waals surface area contributed by atoms with Gasteiger partial charge in [0.2, 0.25) is 5.91 Å². The maximum Gasteiger partial charge on any atom is 0.227 e. The molecule has 1 saturated carbocycles. The SMILES string of the molecule is Cc1nc(-c2cccc(NC(=O)C3CC3)c2)cs1. The summed E-state index contributed by atoms with van der Waals surface area (Å²) in [6.07, 6.45) is 2.05. The molecule has 1 aromatic heterocycles. The molecule has 0 aliphatic heterocycles. The molecule has 1 N–H and O–H groups in total. The Bertz CT molecular complexity index is 587. The Balaban J connectivity index is 1.82. The summed E-state index contributed by atoms with van der Waals surface area (Å²) in [6.45, 7) is 1.99. The van der Waals surface area contributed by atoms with E-state index in [1.165, 1.54) is 0 Å². The molecule has 0 atom stereocenters. The third-order valence-corrected chi connectivity index (χ3v) is 3.77. The standard InChI is InChI=1S/C14H14N2OS/c1-9-15-13(8-18-9)11-3-2-4-12(7-11)16-14(17)10-5-6-10/h2-4,7-8,10H,5-6H2,1H3,(H,16,17). The Morgan fingerprint density at radius 3 is 2.94 bits per heavy atom. The minimum Gasteiger partial charge on any atom is -0.326 e. The summed E-state index contributed by atoms with van der Waals surface area (Å²) in [7, 11) is 0. The lowest BCUT2D eigenvalue weighted by atomic mass is 10.1. The van der Waals surface area contributed by atoms with Crippen molar-refractivity contribution in [2.24, 2.45) is 5.92 Å². The molecule has 1 heterocycles. The molecule has 1 aromatic carbocycles. The van der Waals surface area contributed by atoms with Gasteiger partial charge in [-0.2, -0.15) is 0 Å². The van der Waals surface area contributed by atoms with E-state index in [2.05, 4.69) is 10.3 Å². The van der Waals surface area contributed by atoms with E-state index in [9.17, 15) is 4.79 Å². The van der Waals surface area contributed by atoms with Gasteiger partial charge in [-0.05, 0) is 31.9 Å². The molecule has 3 rings (SSSR count). The minimum atomic E-state index is 0.140. The van der Waals surface area contributed by atoms with Crippen molar-refractivity contribution in [1.29, 1.82) is 0 Å². The smallest absolute Gasteiger partial charge is 0.227 e. The Morgan fingerprint density at radius 1 is 1.44 bits per heavy atom. The number of nitrogens with zero attached hydrogens (tertiary/aromatic N) is 1. The van der Waals surface area contributed by atoms with Crippen molar-refractivity contribution < 1.29 is 4.79 Å². The van der Waals surface area contributed by atoms with Crippen LogP contribution < -0.4 is 5.32 Å². The molecule has 92 valence electrons. The Labute approximate surface area is 110 Å². The third kappa shape index (κ3) is 2.43. The predicted molar refractivity (Wildman–Crippen MR) is 73.6 cm³/mol. The van der Waals surface area contributed by atoms with Crippen LogP contribution in [0.15, 0.2) is 29.6 Å². The summed E-state index contributed by atoms with van der Waals surface area (Å²) in [5.74, 6) is 0.372. The highest BCUT2D eigenvalue weighted by Crippen LogP contribution is 2.31. The normalized spacial score (nSPS) is 14.5. The summed E-state index contributed by atoms with van der Waals surface area (Å²) >= 11 is 1.64. The summed E-state index contributed by atoms with van der Waals surface area (Å²) < 4.78 is 0. The highest BCUT2D eigenvalue weighted by molar-refractivity contribution is 7.09. The van der Waals surface area contributed by atoms with Crippen LogP contribution >= 0.6 is 11.3 Å². The van der Waals surface area contributed by atoms with Crippen molar-refractivity contribution in [2.75, 3.05) is 5.32 Å². The number of hydrogen-bond donors (Lipinski definition) is 1. The lowest BCUT2D eigenvalue weighted by Gasteiger charge is -2.05. The second-order valence-corrected chi connectivity index (χ2v) is 5.66. The van der Waals surface area contributed by atoms with Crippen LogP contribution in [0, 0.1) is 12.8 Å². The van der Waals surface area contributed by atoms with Crippen LogP contribution in [-0.4, -0.2) is 10.9 Å². The zero-order chi connectivity index (χ0) is 12.5. The molecule has 3 nitrogen and oxygen atoms in total. The number of benzene rings is 1. The number of hydrogen-bond acceptors (Lipinski definition) is 3. The Morgan fingerprint density at radius 2 is 2.28 bits per heavy atom. The molecule has 2 aromatic rings. The molecular weight excluding hydrogens is 244 g/mol. The van der Waals surface area contributed by atoms with E-state index >= 15 is 0 Å². The van der Waals surface area contributed by atoms with Crippen molar-refractivity contribution in [1.82, 2.24) is 4.98 Å². The molecule has 18 heavy (non-hydrogen) atoms. The molecule has 0 spiro atoms. The highest BCUT2D eigenvalue weighted by Gasteiger charge is 2.29. The Hall–Kier alpha value is -1.68. The van der Waals surface area contributed by atoms with E-state index < -0.39 is 0 Å². The summed E-state index contributed by atoms with van der Waals surface area (Å²) in [4.78, 5) is 16.2. The van der Waals surface area contributed by atoms with Crippen LogP contribution in [0.4, 0.5) is 5.69 Å². The molecular formula is C14H14N2OS. The second-order valence-electron chi connectivity index (χ2n) is 4.60. The molecule has 1 aliphatic carbocycles. The molecule has 0 bridgehead atoms. The van der Waals surface area contributed by atoms with Crippen LogP contribution in [-0.2, 0) is 4.79 Å². The van der Waals surface area contributed by atoms with Crippen molar-refractivity contribution in [3.05, 3.63) is 34.7 Å². The summed E-state index contributed by atoms with van der Waals surface area (Å²) in [5, 5.41) is 6.05. The van der Waals surface area contributed by atoms with Gasteiger partial charge in [0.05, 0.1) is 10.7 Å². The van der Waals surface area contributed by atoms with Gasteiger partial charge in [-0.1, -0.05) is 12.1 Å². The number of aryl methyl sites for hydroxylation is 1. The minimum absolute atomic E-state index is 0.140. The van der Waals surface area contributed by atoms with Gasteiger partial charge >= 0.3 is 0 Å². The quantitative estimate of drug-likeness (QED) is 0.916. The van der Waals surface area contributed by atoms with Gasteiger partial charge in [-0.3, -0.25) is 4.79 Å². The summed E-state index contributed by atoms with van der Waals surface area (Å²) in [5.41, 5.74) is 2.88. The van der Waals surface area contributed by atoms with Crippen molar-refractivity contribution >= 4 is 22.9 Å². The highest BCUT2D eigenvalue weighted by atomic mass is 32.1. The van der Waals surface area contributed by atoms with Gasteiger partial charge in [0.15, 0.2) is 0 Å². The lowest BCUT2D eigenvalue weighted by molar-refractivity contribution is -0.117. The van der Waals surface area contributed by atoms with E-state index in [0.717, 1.165) is 34.8 Å². The fraction of sp³-hybridized carbons (Fsp3) is 0.286. The predicted octanol–water partition coefficient (Wildman–Crippen LogP) is 3.47. The van der Waals surface area contributed by atoms with Gasteiger partial charge in [0.25, 0.3) is 0 Å². The first kappa shape index (κ1) is 11.4. The number of thiazole rings is 1. The monoisotopic (exact) mass is 258 g/mol. The number of carbonyl (C=O) groups excluding carboxylic acids is 1. The van der Waals surface area contributed by atoms with E-state index in [4.69, 9.17) is 0 Å². The molecule has 0 unspecified atom stereocenters. The van der Waals surface area contributed by atoms with E-state index in [-0.39, 0.29) is 11.8 Å². The molecule has 1 aliphatic rings. The van der Waals surface area contributed by atoms with Gasteiger partial charge in [0.1, 0.15) is 0 Å². The van der Waals surface area contributed by atoms with Crippen LogP contribution in [0.1, 0.15) is 17.8 Å². The van der Waals surface area contributed by atoms with Crippen molar-refractivity contribution in [3.63, 3.8) is 0 Å². The van der Waals surface area contributed by atoms with Gasteiger partial charge in [-0.15, -0.1) is 11.3 Å². The van der Waals surface area contributed by atoms with E-state index in [1.807, 2.05) is 36.6 Å². The summed E-state index contributed by atoms with van der Waals surface area (Å²) in [6, 6.07) is 7.87. The maximum absolute atomic E-state index is 11.7. The number of nitrogens with one attached hydrogen (secondary N) is 1. The fourth-order valence-corrected chi connectivity index (χ4v) is 2.46. The van der Waals surface area contributed by atoms with Crippen molar-refractivity contribution in [2.45, 2.75) is 19.8 Å².